The Kier molecular flexibility index (Phi) is 4.55. The monoisotopic (exact) mass is 214 g/mol. The smallest absolute Gasteiger partial charge is 0.307 e. The molecule has 1 fully saturated rings. The van der Waals surface area contributed by atoms with Crippen molar-refractivity contribution in [3.05, 3.63) is 0 Å². The molecule has 0 saturated carbocycles. The molecule has 0 bridgehead atoms. The van der Waals surface area contributed by atoms with Gasteiger partial charge in [0.2, 0.25) is 5.91 Å². The minimum absolute atomic E-state index is 0.0454. The van der Waals surface area contributed by atoms with E-state index < -0.39 is 5.97 Å². The fraction of sp³-hybridized carbons (Fsp3) is 0.800. The first kappa shape index (κ1) is 12.0. The van der Waals surface area contributed by atoms with Crippen molar-refractivity contribution < 1.29 is 14.7 Å². The number of hydrogen-bond donors (Lipinski definition) is 2. The molecule has 86 valence electrons. The van der Waals surface area contributed by atoms with Crippen LogP contribution in [0.25, 0.3) is 0 Å². The SMILES string of the molecule is CNC(=O)CCCN1CCC(C(=O)O)C1. The zero-order valence-electron chi connectivity index (χ0n) is 9.03. The summed E-state index contributed by atoms with van der Waals surface area (Å²) in [5.41, 5.74) is 0. The first-order chi connectivity index (χ1) is 7.13. The van der Waals surface area contributed by atoms with Crippen molar-refractivity contribution in [3.8, 4) is 0 Å². The molecule has 0 spiro atoms. The minimum Gasteiger partial charge on any atom is -0.481 e. The maximum Gasteiger partial charge on any atom is 0.307 e. The molecule has 5 nitrogen and oxygen atoms in total. The number of nitrogens with one attached hydrogen (secondary N) is 1. The molecule has 0 aromatic rings. The van der Waals surface area contributed by atoms with Crippen LogP contribution in [0.2, 0.25) is 0 Å². The number of aliphatic carboxylic acids is 1. The Morgan fingerprint density at radius 1 is 1.53 bits per heavy atom. The van der Waals surface area contributed by atoms with Gasteiger partial charge in [0.05, 0.1) is 5.92 Å². The normalized spacial score (nSPS) is 21.5. The van der Waals surface area contributed by atoms with E-state index in [0.717, 1.165) is 25.9 Å². The van der Waals surface area contributed by atoms with E-state index in [1.165, 1.54) is 0 Å². The van der Waals surface area contributed by atoms with Crippen molar-refractivity contribution in [2.45, 2.75) is 19.3 Å². The van der Waals surface area contributed by atoms with Crippen LogP contribution in [-0.2, 0) is 9.59 Å². The first-order valence-electron chi connectivity index (χ1n) is 5.29. The van der Waals surface area contributed by atoms with E-state index in [9.17, 15) is 9.59 Å². The van der Waals surface area contributed by atoms with Crippen molar-refractivity contribution in [3.63, 3.8) is 0 Å². The third-order valence-corrected chi connectivity index (χ3v) is 2.78. The molecule has 2 N–H and O–H groups in total. The summed E-state index contributed by atoms with van der Waals surface area (Å²) in [5.74, 6) is -0.877. The maximum absolute atomic E-state index is 10.9. The van der Waals surface area contributed by atoms with Gasteiger partial charge in [-0.25, -0.2) is 0 Å². The summed E-state index contributed by atoms with van der Waals surface area (Å²) in [5, 5.41) is 11.4. The van der Waals surface area contributed by atoms with Gasteiger partial charge >= 0.3 is 5.97 Å². The summed E-state index contributed by atoms with van der Waals surface area (Å²) >= 11 is 0. The van der Waals surface area contributed by atoms with E-state index in [1.807, 2.05) is 0 Å². The van der Waals surface area contributed by atoms with Crippen molar-refractivity contribution in [1.82, 2.24) is 10.2 Å². The highest BCUT2D eigenvalue weighted by atomic mass is 16.4. The Bertz CT molecular complexity index is 243. The maximum atomic E-state index is 10.9. The number of rotatable bonds is 5. The standard InChI is InChI=1S/C10H18N2O3/c1-11-9(13)3-2-5-12-6-4-8(7-12)10(14)15/h8H,2-7H2,1H3,(H,11,13)(H,14,15). The van der Waals surface area contributed by atoms with E-state index in [4.69, 9.17) is 5.11 Å². The molecule has 1 aliphatic heterocycles. The Labute approximate surface area is 89.4 Å². The lowest BCUT2D eigenvalue weighted by Crippen LogP contribution is -2.26. The van der Waals surface area contributed by atoms with Gasteiger partial charge in [-0.15, -0.1) is 0 Å². The van der Waals surface area contributed by atoms with E-state index in [-0.39, 0.29) is 11.8 Å². The second kappa shape index (κ2) is 5.70. The van der Waals surface area contributed by atoms with Gasteiger partial charge in [0.25, 0.3) is 0 Å². The minimum atomic E-state index is -0.705. The van der Waals surface area contributed by atoms with Crippen molar-refractivity contribution in [1.29, 1.82) is 0 Å². The fourth-order valence-electron chi connectivity index (χ4n) is 1.83. The summed E-state index contributed by atoms with van der Waals surface area (Å²) in [4.78, 5) is 23.7. The molecule has 1 heterocycles. The van der Waals surface area contributed by atoms with Crippen LogP contribution in [0.3, 0.4) is 0 Å². The van der Waals surface area contributed by atoms with Crippen LogP contribution >= 0.6 is 0 Å². The summed E-state index contributed by atoms with van der Waals surface area (Å²) in [7, 11) is 1.62. The van der Waals surface area contributed by atoms with Crippen molar-refractivity contribution in [2.75, 3.05) is 26.7 Å². The van der Waals surface area contributed by atoms with Gasteiger partial charge in [0.15, 0.2) is 0 Å². The molecule has 5 heteroatoms. The van der Waals surface area contributed by atoms with Gasteiger partial charge in [-0.1, -0.05) is 0 Å². The van der Waals surface area contributed by atoms with Crippen LogP contribution < -0.4 is 5.32 Å². The summed E-state index contributed by atoms with van der Waals surface area (Å²) < 4.78 is 0. The molecule has 1 atom stereocenters. The van der Waals surface area contributed by atoms with E-state index in [1.54, 1.807) is 7.05 Å². The number of amides is 1. The highest BCUT2D eigenvalue weighted by Crippen LogP contribution is 2.16. The highest BCUT2D eigenvalue weighted by Gasteiger charge is 2.27. The zero-order valence-corrected chi connectivity index (χ0v) is 9.03. The molecular weight excluding hydrogens is 196 g/mol. The van der Waals surface area contributed by atoms with Crippen LogP contribution in [-0.4, -0.2) is 48.6 Å². The second-order valence-electron chi connectivity index (χ2n) is 3.90. The molecule has 1 unspecified atom stereocenters. The quantitative estimate of drug-likeness (QED) is 0.671. The first-order valence-corrected chi connectivity index (χ1v) is 5.29. The lowest BCUT2D eigenvalue weighted by molar-refractivity contribution is -0.141. The predicted octanol–water partition coefficient (Wildman–Crippen LogP) is -0.0809. The molecule has 1 amide bonds. The lowest BCUT2D eigenvalue weighted by Gasteiger charge is -2.14. The number of carboxylic acid groups (broad SMARTS) is 1. The van der Waals surface area contributed by atoms with Gasteiger partial charge in [-0.05, 0) is 25.9 Å². The number of hydrogen-bond acceptors (Lipinski definition) is 3. The largest absolute Gasteiger partial charge is 0.481 e. The summed E-state index contributed by atoms with van der Waals surface area (Å²) in [6.45, 7) is 2.28. The highest BCUT2D eigenvalue weighted by molar-refractivity contribution is 5.75. The fourth-order valence-corrected chi connectivity index (χ4v) is 1.83. The zero-order chi connectivity index (χ0) is 11.3. The lowest BCUT2D eigenvalue weighted by atomic mass is 10.1. The van der Waals surface area contributed by atoms with Gasteiger partial charge in [-0.3, -0.25) is 9.59 Å². The molecular formula is C10H18N2O3. The third-order valence-electron chi connectivity index (χ3n) is 2.78. The number of nitrogens with zero attached hydrogens (tertiary/aromatic N) is 1. The molecule has 1 aliphatic rings. The predicted molar refractivity (Wildman–Crippen MR) is 55.5 cm³/mol. The molecule has 0 aliphatic carbocycles. The van der Waals surface area contributed by atoms with Gasteiger partial charge in [-0.2, -0.15) is 0 Å². The van der Waals surface area contributed by atoms with Crippen molar-refractivity contribution in [2.24, 2.45) is 5.92 Å². The number of likely N-dealkylation sites (tertiary alicyclic amines) is 1. The van der Waals surface area contributed by atoms with Crippen LogP contribution in [0.4, 0.5) is 0 Å². The molecule has 0 radical (unpaired) electrons. The van der Waals surface area contributed by atoms with Crippen molar-refractivity contribution >= 4 is 11.9 Å². The number of carboxylic acids is 1. The van der Waals surface area contributed by atoms with Gasteiger partial charge in [0.1, 0.15) is 0 Å². The van der Waals surface area contributed by atoms with Crippen LogP contribution in [0.15, 0.2) is 0 Å². The molecule has 1 rings (SSSR count). The van der Waals surface area contributed by atoms with Crippen LogP contribution in [0, 0.1) is 5.92 Å². The van der Waals surface area contributed by atoms with E-state index >= 15 is 0 Å². The van der Waals surface area contributed by atoms with Crippen LogP contribution in [0.5, 0.6) is 0 Å². The van der Waals surface area contributed by atoms with Gasteiger partial charge < -0.3 is 15.3 Å². The summed E-state index contributed by atoms with van der Waals surface area (Å²) in [6, 6.07) is 0. The number of carbonyl (C=O) groups excluding carboxylic acids is 1. The average molecular weight is 214 g/mol. The second-order valence-corrected chi connectivity index (χ2v) is 3.90. The Morgan fingerprint density at radius 3 is 2.80 bits per heavy atom. The molecule has 0 aromatic heterocycles. The van der Waals surface area contributed by atoms with E-state index in [0.29, 0.717) is 13.0 Å². The van der Waals surface area contributed by atoms with Gasteiger partial charge in [0, 0.05) is 20.0 Å². The molecule has 0 aromatic carbocycles. The average Bonchev–Trinajstić information content (AvgIpc) is 2.66. The van der Waals surface area contributed by atoms with Crippen LogP contribution in [0.1, 0.15) is 19.3 Å². The topological polar surface area (TPSA) is 69.6 Å². The third kappa shape index (κ3) is 3.87. The Hall–Kier alpha value is -1.10. The molecule has 1 saturated heterocycles. The Balaban J connectivity index is 2.14. The summed E-state index contributed by atoms with van der Waals surface area (Å²) in [6.07, 6.45) is 2.05. The number of carbonyl (C=O) groups is 2. The Morgan fingerprint density at radius 2 is 2.27 bits per heavy atom. The molecule has 15 heavy (non-hydrogen) atoms. The van der Waals surface area contributed by atoms with E-state index in [2.05, 4.69) is 10.2 Å².